The Labute approximate surface area is 130 Å². The first-order valence-corrected chi connectivity index (χ1v) is 7.28. The summed E-state index contributed by atoms with van der Waals surface area (Å²) in [5.74, 6) is 0.552. The second kappa shape index (κ2) is 5.87. The Morgan fingerprint density at radius 1 is 1.27 bits per heavy atom. The van der Waals surface area contributed by atoms with E-state index < -0.39 is 0 Å². The first-order valence-electron chi connectivity index (χ1n) is 6.46. The van der Waals surface area contributed by atoms with Crippen LogP contribution in [0.3, 0.4) is 0 Å². The largest absolute Gasteiger partial charge is 0.322 e. The molecule has 0 radical (unpaired) electrons. The molecule has 0 fully saturated rings. The van der Waals surface area contributed by atoms with Gasteiger partial charge in [0.15, 0.2) is 5.65 Å². The van der Waals surface area contributed by atoms with Crippen LogP contribution in [0.5, 0.6) is 0 Å². The van der Waals surface area contributed by atoms with Crippen molar-refractivity contribution in [2.75, 3.05) is 5.32 Å². The van der Waals surface area contributed by atoms with Gasteiger partial charge in [-0.25, -0.2) is 0 Å². The smallest absolute Gasteiger partial charge is 0.255 e. The van der Waals surface area contributed by atoms with Crippen LogP contribution in [0.2, 0.25) is 0 Å². The third kappa shape index (κ3) is 2.77. The normalized spacial score (nSPS) is 10.4. The molecule has 2 aromatic heterocycles. The van der Waals surface area contributed by atoms with Crippen LogP contribution in [-0.2, 0) is 0 Å². The fraction of sp³-hybridized carbons (Fsp3) is 0.0667. The molecule has 1 aromatic carbocycles. The standard InChI is InChI=1S/C15H11N5OS/c1-10-18-19-14-8-11(6-7-20(10)14)15(21)17-12-2-4-13(5-3-12)22-9-16/h2-8H,1H3,(H,17,21). The Hall–Kier alpha value is -2.85. The van der Waals surface area contributed by atoms with Crippen molar-refractivity contribution in [3.05, 3.63) is 54.0 Å². The number of aryl methyl sites for hydroxylation is 1. The lowest BCUT2D eigenvalue weighted by atomic mass is 10.2. The number of fused-ring (bicyclic) bond motifs is 1. The highest BCUT2D eigenvalue weighted by atomic mass is 32.2. The summed E-state index contributed by atoms with van der Waals surface area (Å²) in [7, 11) is 0. The van der Waals surface area contributed by atoms with Gasteiger partial charge >= 0.3 is 0 Å². The van der Waals surface area contributed by atoms with E-state index in [1.165, 1.54) is 0 Å². The Bertz CT molecular complexity index is 879. The number of carbonyl (C=O) groups excluding carboxylic acids is 1. The number of rotatable bonds is 3. The van der Waals surface area contributed by atoms with Gasteiger partial charge in [-0.1, -0.05) is 0 Å². The van der Waals surface area contributed by atoms with Gasteiger partial charge in [0.05, 0.1) is 0 Å². The number of amides is 1. The molecule has 3 rings (SSSR count). The number of nitrogens with zero attached hydrogens (tertiary/aromatic N) is 4. The van der Waals surface area contributed by atoms with Gasteiger partial charge < -0.3 is 5.32 Å². The molecule has 0 saturated carbocycles. The number of hydrogen-bond donors (Lipinski definition) is 1. The molecule has 108 valence electrons. The summed E-state index contributed by atoms with van der Waals surface area (Å²) in [6.45, 7) is 1.85. The van der Waals surface area contributed by atoms with Crippen molar-refractivity contribution in [2.24, 2.45) is 0 Å². The average molecular weight is 309 g/mol. The lowest BCUT2D eigenvalue weighted by molar-refractivity contribution is 0.102. The molecule has 0 bridgehead atoms. The second-order valence-corrected chi connectivity index (χ2v) is 5.42. The molecule has 0 aliphatic rings. The molecule has 0 aliphatic carbocycles. The van der Waals surface area contributed by atoms with E-state index in [1.807, 2.05) is 16.7 Å². The van der Waals surface area contributed by atoms with Gasteiger partial charge in [0, 0.05) is 22.3 Å². The van der Waals surface area contributed by atoms with E-state index in [0.717, 1.165) is 22.5 Å². The zero-order chi connectivity index (χ0) is 15.5. The molecule has 6 nitrogen and oxygen atoms in total. The predicted molar refractivity (Wildman–Crippen MR) is 83.6 cm³/mol. The lowest BCUT2D eigenvalue weighted by Gasteiger charge is -2.06. The fourth-order valence-electron chi connectivity index (χ4n) is 2.01. The molecule has 0 aliphatic heterocycles. The van der Waals surface area contributed by atoms with Crippen LogP contribution in [0.25, 0.3) is 5.65 Å². The van der Waals surface area contributed by atoms with Gasteiger partial charge in [0.1, 0.15) is 11.2 Å². The number of pyridine rings is 1. The average Bonchev–Trinajstić information content (AvgIpc) is 2.90. The molecular weight excluding hydrogens is 298 g/mol. The van der Waals surface area contributed by atoms with E-state index in [1.54, 1.807) is 42.6 Å². The van der Waals surface area contributed by atoms with Crippen molar-refractivity contribution in [1.82, 2.24) is 14.6 Å². The minimum Gasteiger partial charge on any atom is -0.322 e. The number of benzene rings is 1. The van der Waals surface area contributed by atoms with Crippen LogP contribution < -0.4 is 5.32 Å². The van der Waals surface area contributed by atoms with Gasteiger partial charge in [-0.15, -0.1) is 10.2 Å². The van der Waals surface area contributed by atoms with Crippen molar-refractivity contribution < 1.29 is 4.79 Å². The Balaban J connectivity index is 1.79. The summed E-state index contributed by atoms with van der Waals surface area (Å²) in [5, 5.41) is 21.4. The molecule has 3 aromatic rings. The molecule has 0 atom stereocenters. The summed E-state index contributed by atoms with van der Waals surface area (Å²) >= 11 is 1.08. The van der Waals surface area contributed by atoms with E-state index in [-0.39, 0.29) is 5.91 Å². The predicted octanol–water partition coefficient (Wildman–Crippen LogP) is 2.86. The van der Waals surface area contributed by atoms with Crippen molar-refractivity contribution in [3.8, 4) is 5.40 Å². The van der Waals surface area contributed by atoms with Crippen LogP contribution >= 0.6 is 11.8 Å². The summed E-state index contributed by atoms with van der Waals surface area (Å²) in [6.07, 6.45) is 1.77. The zero-order valence-electron chi connectivity index (χ0n) is 11.6. The van der Waals surface area contributed by atoms with Crippen molar-refractivity contribution in [1.29, 1.82) is 5.26 Å². The second-order valence-electron chi connectivity index (χ2n) is 4.56. The Morgan fingerprint density at radius 3 is 2.77 bits per heavy atom. The van der Waals surface area contributed by atoms with Gasteiger partial charge in [-0.3, -0.25) is 9.20 Å². The SMILES string of the molecule is Cc1nnc2cc(C(=O)Nc3ccc(SC#N)cc3)ccn12. The number of carbonyl (C=O) groups is 1. The first kappa shape index (κ1) is 14.1. The number of anilines is 1. The molecule has 0 unspecified atom stereocenters. The molecule has 2 heterocycles. The fourth-order valence-corrected chi connectivity index (χ4v) is 2.39. The maximum atomic E-state index is 12.2. The molecule has 22 heavy (non-hydrogen) atoms. The number of aromatic nitrogens is 3. The number of thioether (sulfide) groups is 1. The van der Waals surface area contributed by atoms with E-state index in [9.17, 15) is 4.79 Å². The number of nitrogens with one attached hydrogen (secondary N) is 1. The van der Waals surface area contributed by atoms with Crippen molar-refractivity contribution in [2.45, 2.75) is 11.8 Å². The highest BCUT2D eigenvalue weighted by molar-refractivity contribution is 8.03. The number of thiocyanates is 1. The van der Waals surface area contributed by atoms with Crippen molar-refractivity contribution in [3.63, 3.8) is 0 Å². The highest BCUT2D eigenvalue weighted by Crippen LogP contribution is 2.19. The zero-order valence-corrected chi connectivity index (χ0v) is 12.5. The van der Waals surface area contributed by atoms with Crippen LogP contribution in [-0.4, -0.2) is 20.5 Å². The van der Waals surface area contributed by atoms with Crippen molar-refractivity contribution >= 4 is 29.0 Å². The maximum absolute atomic E-state index is 12.2. The topological polar surface area (TPSA) is 83.1 Å². The van der Waals surface area contributed by atoms with Crippen LogP contribution in [0.15, 0.2) is 47.5 Å². The molecule has 1 amide bonds. The monoisotopic (exact) mass is 309 g/mol. The molecular formula is C15H11N5OS. The van der Waals surface area contributed by atoms with E-state index in [0.29, 0.717) is 16.9 Å². The summed E-state index contributed by atoms with van der Waals surface area (Å²) in [4.78, 5) is 13.1. The van der Waals surface area contributed by atoms with Gasteiger partial charge in [-0.05, 0) is 55.1 Å². The summed E-state index contributed by atoms with van der Waals surface area (Å²) in [6, 6.07) is 10.5. The van der Waals surface area contributed by atoms with Gasteiger partial charge in [0.2, 0.25) is 0 Å². The third-order valence-corrected chi connectivity index (χ3v) is 3.72. The summed E-state index contributed by atoms with van der Waals surface area (Å²) in [5.41, 5.74) is 1.81. The molecule has 7 heteroatoms. The highest BCUT2D eigenvalue weighted by Gasteiger charge is 2.09. The molecule has 0 spiro atoms. The van der Waals surface area contributed by atoms with E-state index >= 15 is 0 Å². The van der Waals surface area contributed by atoms with Crippen LogP contribution in [0, 0.1) is 17.6 Å². The Kier molecular flexibility index (Phi) is 3.76. The van der Waals surface area contributed by atoms with Gasteiger partial charge in [0.25, 0.3) is 5.91 Å². The Morgan fingerprint density at radius 2 is 2.05 bits per heavy atom. The lowest BCUT2D eigenvalue weighted by Crippen LogP contribution is -2.12. The van der Waals surface area contributed by atoms with Gasteiger partial charge in [-0.2, -0.15) is 5.26 Å². The quantitative estimate of drug-likeness (QED) is 0.594. The van der Waals surface area contributed by atoms with E-state index in [4.69, 9.17) is 5.26 Å². The maximum Gasteiger partial charge on any atom is 0.255 e. The summed E-state index contributed by atoms with van der Waals surface area (Å²) < 4.78 is 1.81. The number of hydrogen-bond acceptors (Lipinski definition) is 5. The first-order chi connectivity index (χ1) is 10.7. The van der Waals surface area contributed by atoms with E-state index in [2.05, 4.69) is 15.5 Å². The molecule has 0 saturated heterocycles. The minimum atomic E-state index is -0.219. The van der Waals surface area contributed by atoms with Crippen LogP contribution in [0.4, 0.5) is 5.69 Å². The molecule has 1 N–H and O–H groups in total. The van der Waals surface area contributed by atoms with Crippen LogP contribution in [0.1, 0.15) is 16.2 Å². The number of nitriles is 1. The minimum absolute atomic E-state index is 0.219. The third-order valence-electron chi connectivity index (χ3n) is 3.12.